The molecule has 0 radical (unpaired) electrons. The van der Waals surface area contributed by atoms with Crippen molar-refractivity contribution in [1.29, 1.82) is 0 Å². The average Bonchev–Trinajstić information content (AvgIpc) is 2.36. The topological polar surface area (TPSA) is 29.1 Å². The zero-order valence-corrected chi connectivity index (χ0v) is 10.5. The van der Waals surface area contributed by atoms with Gasteiger partial charge >= 0.3 is 0 Å². The van der Waals surface area contributed by atoms with Gasteiger partial charge in [0.15, 0.2) is 0 Å². The van der Waals surface area contributed by atoms with Crippen LogP contribution >= 0.6 is 0 Å². The normalized spacial score (nSPS) is 10.6. The first-order valence-corrected chi connectivity index (χ1v) is 6.24. The number of hydrogen-bond acceptors (Lipinski definition) is 1. The standard InChI is InChI=1S/C15H21NO/c1-2-3-7-13-16-15(17)12-8-11-14-9-5-4-6-10-14/h2-6,9-10H,7-8,11-13H2,1H3,(H,16,17)/b3-2+. The maximum absolute atomic E-state index is 11.5. The molecular weight excluding hydrogens is 210 g/mol. The molecule has 0 fully saturated rings. The summed E-state index contributed by atoms with van der Waals surface area (Å²) in [5.74, 6) is 0.158. The van der Waals surface area contributed by atoms with E-state index in [-0.39, 0.29) is 5.91 Å². The van der Waals surface area contributed by atoms with Gasteiger partial charge in [0.05, 0.1) is 0 Å². The quantitative estimate of drug-likeness (QED) is 0.567. The molecule has 0 saturated heterocycles. The highest BCUT2D eigenvalue weighted by molar-refractivity contribution is 5.75. The average molecular weight is 231 g/mol. The predicted octanol–water partition coefficient (Wildman–Crippen LogP) is 3.09. The first kappa shape index (κ1) is 13.5. The Balaban J connectivity index is 2.08. The van der Waals surface area contributed by atoms with Crippen LogP contribution in [0.5, 0.6) is 0 Å². The molecule has 0 saturated carbocycles. The summed E-state index contributed by atoms with van der Waals surface area (Å²) in [5.41, 5.74) is 1.30. The lowest BCUT2D eigenvalue weighted by atomic mass is 10.1. The van der Waals surface area contributed by atoms with Crippen molar-refractivity contribution in [3.8, 4) is 0 Å². The molecule has 0 atom stereocenters. The van der Waals surface area contributed by atoms with Crippen molar-refractivity contribution in [2.75, 3.05) is 6.54 Å². The second kappa shape index (κ2) is 8.57. The van der Waals surface area contributed by atoms with E-state index in [4.69, 9.17) is 0 Å². The third kappa shape index (κ3) is 6.56. The number of benzene rings is 1. The summed E-state index contributed by atoms with van der Waals surface area (Å²) in [6, 6.07) is 10.3. The van der Waals surface area contributed by atoms with Crippen molar-refractivity contribution in [3.05, 3.63) is 48.0 Å². The van der Waals surface area contributed by atoms with Crippen molar-refractivity contribution in [2.45, 2.75) is 32.6 Å². The Morgan fingerprint density at radius 1 is 1.29 bits per heavy atom. The molecule has 0 aromatic heterocycles. The number of rotatable bonds is 7. The molecule has 0 bridgehead atoms. The smallest absolute Gasteiger partial charge is 0.220 e. The number of aryl methyl sites for hydroxylation is 1. The van der Waals surface area contributed by atoms with E-state index in [0.717, 1.165) is 25.8 Å². The van der Waals surface area contributed by atoms with Crippen LogP contribution in [0.15, 0.2) is 42.5 Å². The minimum absolute atomic E-state index is 0.158. The highest BCUT2D eigenvalue weighted by Gasteiger charge is 2.00. The third-order valence-corrected chi connectivity index (χ3v) is 2.58. The van der Waals surface area contributed by atoms with Gasteiger partial charge in [0.25, 0.3) is 0 Å². The van der Waals surface area contributed by atoms with E-state index in [1.807, 2.05) is 31.2 Å². The van der Waals surface area contributed by atoms with E-state index in [1.54, 1.807) is 0 Å². The minimum atomic E-state index is 0.158. The molecule has 1 N–H and O–H groups in total. The van der Waals surface area contributed by atoms with Gasteiger partial charge in [-0.05, 0) is 31.7 Å². The molecule has 0 aliphatic heterocycles. The summed E-state index contributed by atoms with van der Waals surface area (Å²) in [6.07, 6.45) is 7.49. The largest absolute Gasteiger partial charge is 0.356 e. The second-order valence-electron chi connectivity index (χ2n) is 4.05. The van der Waals surface area contributed by atoms with Gasteiger partial charge in [0.1, 0.15) is 0 Å². The van der Waals surface area contributed by atoms with Crippen molar-refractivity contribution in [3.63, 3.8) is 0 Å². The fraction of sp³-hybridized carbons (Fsp3) is 0.400. The van der Waals surface area contributed by atoms with Crippen molar-refractivity contribution in [1.82, 2.24) is 5.32 Å². The van der Waals surface area contributed by atoms with Crippen LogP contribution in [-0.2, 0) is 11.2 Å². The van der Waals surface area contributed by atoms with E-state index in [2.05, 4.69) is 23.5 Å². The molecule has 0 aliphatic rings. The summed E-state index contributed by atoms with van der Waals surface area (Å²) in [5, 5.41) is 2.91. The third-order valence-electron chi connectivity index (χ3n) is 2.58. The highest BCUT2D eigenvalue weighted by Crippen LogP contribution is 2.04. The number of carbonyl (C=O) groups is 1. The molecule has 17 heavy (non-hydrogen) atoms. The SMILES string of the molecule is C/C=C/CCNC(=O)CCCc1ccccc1. The van der Waals surface area contributed by atoms with Crippen LogP contribution < -0.4 is 5.32 Å². The number of nitrogens with one attached hydrogen (secondary N) is 1. The van der Waals surface area contributed by atoms with Crippen LogP contribution in [0.3, 0.4) is 0 Å². The second-order valence-corrected chi connectivity index (χ2v) is 4.05. The van der Waals surface area contributed by atoms with Gasteiger partial charge in [-0.15, -0.1) is 0 Å². The van der Waals surface area contributed by atoms with E-state index in [9.17, 15) is 4.79 Å². The Morgan fingerprint density at radius 3 is 2.76 bits per heavy atom. The summed E-state index contributed by atoms with van der Waals surface area (Å²) in [4.78, 5) is 11.5. The first-order valence-electron chi connectivity index (χ1n) is 6.24. The van der Waals surface area contributed by atoms with Crippen LogP contribution in [0.2, 0.25) is 0 Å². The fourth-order valence-electron chi connectivity index (χ4n) is 1.65. The maximum atomic E-state index is 11.5. The lowest BCUT2D eigenvalue weighted by Gasteiger charge is -2.03. The molecular formula is C15H21NO. The van der Waals surface area contributed by atoms with Crippen LogP contribution in [0.25, 0.3) is 0 Å². The fourth-order valence-corrected chi connectivity index (χ4v) is 1.65. The van der Waals surface area contributed by atoms with Crippen molar-refractivity contribution >= 4 is 5.91 Å². The van der Waals surface area contributed by atoms with Gasteiger partial charge in [-0.2, -0.15) is 0 Å². The zero-order valence-electron chi connectivity index (χ0n) is 10.5. The summed E-state index contributed by atoms with van der Waals surface area (Å²) < 4.78 is 0. The Labute approximate surface area is 104 Å². The Morgan fingerprint density at radius 2 is 2.06 bits per heavy atom. The Kier molecular flexibility index (Phi) is 6.80. The summed E-state index contributed by atoms with van der Waals surface area (Å²) >= 11 is 0. The van der Waals surface area contributed by atoms with Crippen LogP contribution in [0.4, 0.5) is 0 Å². The molecule has 1 aromatic rings. The maximum Gasteiger partial charge on any atom is 0.220 e. The lowest BCUT2D eigenvalue weighted by molar-refractivity contribution is -0.121. The van der Waals surface area contributed by atoms with Gasteiger partial charge in [-0.3, -0.25) is 4.79 Å². The molecule has 1 amide bonds. The molecule has 0 aliphatic carbocycles. The zero-order chi connectivity index (χ0) is 12.3. The van der Waals surface area contributed by atoms with E-state index in [1.165, 1.54) is 5.56 Å². The first-order chi connectivity index (χ1) is 8.33. The van der Waals surface area contributed by atoms with Crippen LogP contribution in [0.1, 0.15) is 31.7 Å². The highest BCUT2D eigenvalue weighted by atomic mass is 16.1. The molecule has 2 nitrogen and oxygen atoms in total. The monoisotopic (exact) mass is 231 g/mol. The molecule has 0 heterocycles. The van der Waals surface area contributed by atoms with Gasteiger partial charge < -0.3 is 5.32 Å². The number of allylic oxidation sites excluding steroid dienone is 1. The molecule has 0 unspecified atom stereocenters. The molecule has 92 valence electrons. The summed E-state index contributed by atoms with van der Waals surface area (Å²) in [7, 11) is 0. The molecule has 2 heteroatoms. The van der Waals surface area contributed by atoms with Crippen LogP contribution in [0, 0.1) is 0 Å². The summed E-state index contributed by atoms with van der Waals surface area (Å²) in [6.45, 7) is 2.73. The molecule has 1 aromatic carbocycles. The number of amides is 1. The Hall–Kier alpha value is -1.57. The van der Waals surface area contributed by atoms with Crippen LogP contribution in [-0.4, -0.2) is 12.5 Å². The van der Waals surface area contributed by atoms with Gasteiger partial charge in [0, 0.05) is 13.0 Å². The van der Waals surface area contributed by atoms with E-state index < -0.39 is 0 Å². The minimum Gasteiger partial charge on any atom is -0.356 e. The van der Waals surface area contributed by atoms with Crippen molar-refractivity contribution in [2.24, 2.45) is 0 Å². The van der Waals surface area contributed by atoms with Crippen molar-refractivity contribution < 1.29 is 4.79 Å². The molecule has 1 rings (SSSR count). The van der Waals surface area contributed by atoms with Gasteiger partial charge in [0.2, 0.25) is 5.91 Å². The lowest BCUT2D eigenvalue weighted by Crippen LogP contribution is -2.23. The van der Waals surface area contributed by atoms with E-state index in [0.29, 0.717) is 6.42 Å². The Bertz CT molecular complexity index is 343. The van der Waals surface area contributed by atoms with Gasteiger partial charge in [-0.1, -0.05) is 42.5 Å². The molecule has 0 spiro atoms. The van der Waals surface area contributed by atoms with Gasteiger partial charge in [-0.25, -0.2) is 0 Å². The number of hydrogen-bond donors (Lipinski definition) is 1. The number of carbonyl (C=O) groups excluding carboxylic acids is 1. The van der Waals surface area contributed by atoms with E-state index >= 15 is 0 Å². The predicted molar refractivity (Wildman–Crippen MR) is 71.8 cm³/mol.